The molecule has 0 heterocycles. The molecule has 0 atom stereocenters. The fourth-order valence-corrected chi connectivity index (χ4v) is 2.12. The van der Waals surface area contributed by atoms with Crippen LogP contribution in [0.25, 0.3) is 0 Å². The van der Waals surface area contributed by atoms with Gasteiger partial charge in [-0.05, 0) is 61.4 Å². The predicted molar refractivity (Wildman–Crippen MR) is 103 cm³/mol. The van der Waals surface area contributed by atoms with Gasteiger partial charge in [-0.25, -0.2) is 4.79 Å². The minimum atomic E-state index is -0.190. The zero-order valence-corrected chi connectivity index (χ0v) is 14.7. The van der Waals surface area contributed by atoms with Crippen LogP contribution in [-0.4, -0.2) is 32.3 Å². The zero-order chi connectivity index (χ0) is 18.6. The molecule has 0 unspecified atom stereocenters. The standard InChI is InChI=1S/C19H26N4O3/c20-15-3-7-17(8-4-15)25-13-1-11-22-19(24)23-12-2-14-26-18-9-5-16(21)6-10-18/h3-10H,1-2,11-14,20-21H2,(H2,22,23,24). The maximum atomic E-state index is 11.7. The Morgan fingerprint density at radius 2 is 1.12 bits per heavy atom. The molecule has 0 spiro atoms. The van der Waals surface area contributed by atoms with E-state index >= 15 is 0 Å². The lowest BCUT2D eigenvalue weighted by molar-refractivity contribution is 0.237. The molecule has 2 rings (SSSR count). The lowest BCUT2D eigenvalue weighted by atomic mass is 10.3. The number of anilines is 2. The van der Waals surface area contributed by atoms with Gasteiger partial charge < -0.3 is 31.6 Å². The van der Waals surface area contributed by atoms with Crippen molar-refractivity contribution < 1.29 is 14.3 Å². The summed E-state index contributed by atoms with van der Waals surface area (Å²) in [5, 5.41) is 5.58. The smallest absolute Gasteiger partial charge is 0.314 e. The van der Waals surface area contributed by atoms with E-state index < -0.39 is 0 Å². The lowest BCUT2D eigenvalue weighted by Gasteiger charge is -2.09. The van der Waals surface area contributed by atoms with Gasteiger partial charge >= 0.3 is 6.03 Å². The van der Waals surface area contributed by atoms with E-state index in [4.69, 9.17) is 20.9 Å². The van der Waals surface area contributed by atoms with E-state index in [0.717, 1.165) is 24.3 Å². The molecule has 0 bridgehead atoms. The van der Waals surface area contributed by atoms with Crippen LogP contribution >= 0.6 is 0 Å². The highest BCUT2D eigenvalue weighted by Crippen LogP contribution is 2.13. The summed E-state index contributed by atoms with van der Waals surface area (Å²) in [5.74, 6) is 1.54. The number of nitrogen functional groups attached to an aromatic ring is 2. The van der Waals surface area contributed by atoms with Gasteiger partial charge in [0, 0.05) is 24.5 Å². The lowest BCUT2D eigenvalue weighted by Crippen LogP contribution is -2.37. The summed E-state index contributed by atoms with van der Waals surface area (Å²) in [5.41, 5.74) is 12.6. The average molecular weight is 358 g/mol. The number of rotatable bonds is 10. The van der Waals surface area contributed by atoms with E-state index in [1.807, 2.05) is 24.3 Å². The Balaban J connectivity index is 1.45. The summed E-state index contributed by atoms with van der Waals surface area (Å²) in [4.78, 5) is 11.7. The minimum Gasteiger partial charge on any atom is -0.494 e. The van der Waals surface area contributed by atoms with Crippen LogP contribution in [-0.2, 0) is 0 Å². The number of ether oxygens (including phenoxy) is 2. The van der Waals surface area contributed by atoms with Crippen molar-refractivity contribution in [1.82, 2.24) is 10.6 Å². The Kier molecular flexibility index (Phi) is 7.92. The number of nitrogens with one attached hydrogen (secondary N) is 2. The first-order chi connectivity index (χ1) is 12.6. The van der Waals surface area contributed by atoms with Crippen LogP contribution in [0.1, 0.15) is 12.8 Å². The summed E-state index contributed by atoms with van der Waals surface area (Å²) in [6, 6.07) is 14.3. The molecule has 0 aliphatic rings. The first-order valence-electron chi connectivity index (χ1n) is 8.62. The normalized spacial score (nSPS) is 10.2. The molecular formula is C19H26N4O3. The maximum Gasteiger partial charge on any atom is 0.314 e. The SMILES string of the molecule is Nc1ccc(OCCCNC(=O)NCCCOc2ccc(N)cc2)cc1. The second kappa shape index (κ2) is 10.7. The Bertz CT molecular complexity index is 602. The molecule has 0 aromatic heterocycles. The van der Waals surface area contributed by atoms with E-state index in [0.29, 0.717) is 37.7 Å². The molecule has 140 valence electrons. The summed E-state index contributed by atoms with van der Waals surface area (Å²) in [6.45, 7) is 2.14. The first kappa shape index (κ1) is 19.2. The molecule has 0 saturated heterocycles. The van der Waals surface area contributed by atoms with Gasteiger partial charge in [-0.15, -0.1) is 0 Å². The highest BCUT2D eigenvalue weighted by Gasteiger charge is 2.00. The second-order valence-corrected chi connectivity index (χ2v) is 5.72. The van der Waals surface area contributed by atoms with Crippen LogP contribution in [0.4, 0.5) is 16.2 Å². The highest BCUT2D eigenvalue weighted by molar-refractivity contribution is 5.73. The van der Waals surface area contributed by atoms with Gasteiger partial charge in [0.05, 0.1) is 13.2 Å². The van der Waals surface area contributed by atoms with Crippen molar-refractivity contribution >= 4 is 17.4 Å². The van der Waals surface area contributed by atoms with Crippen LogP contribution in [0.3, 0.4) is 0 Å². The largest absolute Gasteiger partial charge is 0.494 e. The maximum absolute atomic E-state index is 11.7. The van der Waals surface area contributed by atoms with Crippen LogP contribution in [0.2, 0.25) is 0 Å². The van der Waals surface area contributed by atoms with Crippen molar-refractivity contribution in [3.05, 3.63) is 48.5 Å². The van der Waals surface area contributed by atoms with E-state index in [1.54, 1.807) is 24.3 Å². The van der Waals surface area contributed by atoms with E-state index in [1.165, 1.54) is 0 Å². The Morgan fingerprint density at radius 3 is 1.50 bits per heavy atom. The van der Waals surface area contributed by atoms with Crippen molar-refractivity contribution in [2.45, 2.75) is 12.8 Å². The third-order valence-electron chi connectivity index (χ3n) is 3.51. The predicted octanol–water partition coefficient (Wildman–Crippen LogP) is 2.39. The van der Waals surface area contributed by atoms with Gasteiger partial charge in [-0.3, -0.25) is 0 Å². The molecule has 2 aromatic carbocycles. The monoisotopic (exact) mass is 358 g/mol. The van der Waals surface area contributed by atoms with Gasteiger partial charge in [-0.1, -0.05) is 0 Å². The molecule has 2 aromatic rings. The van der Waals surface area contributed by atoms with Gasteiger partial charge in [0.25, 0.3) is 0 Å². The molecule has 2 amide bonds. The zero-order valence-electron chi connectivity index (χ0n) is 14.7. The topological polar surface area (TPSA) is 112 Å². The molecule has 0 radical (unpaired) electrons. The number of amides is 2. The number of benzene rings is 2. The number of urea groups is 1. The minimum absolute atomic E-state index is 0.190. The fraction of sp³-hybridized carbons (Fsp3) is 0.316. The molecule has 0 saturated carbocycles. The molecule has 7 nitrogen and oxygen atoms in total. The molecule has 0 aliphatic heterocycles. The first-order valence-corrected chi connectivity index (χ1v) is 8.62. The number of hydrogen-bond acceptors (Lipinski definition) is 5. The molecule has 6 N–H and O–H groups in total. The second-order valence-electron chi connectivity index (χ2n) is 5.72. The van der Waals surface area contributed by atoms with Crippen LogP contribution in [0, 0.1) is 0 Å². The van der Waals surface area contributed by atoms with Crippen LogP contribution in [0.5, 0.6) is 11.5 Å². The molecule has 26 heavy (non-hydrogen) atoms. The fourth-order valence-electron chi connectivity index (χ4n) is 2.12. The van der Waals surface area contributed by atoms with Crippen molar-refractivity contribution in [3.63, 3.8) is 0 Å². The summed E-state index contributed by atoms with van der Waals surface area (Å²) in [7, 11) is 0. The van der Waals surface area contributed by atoms with Crippen molar-refractivity contribution in [1.29, 1.82) is 0 Å². The Hall–Kier alpha value is -3.09. The molecule has 7 heteroatoms. The number of carbonyl (C=O) groups is 1. The Labute approximate surface area is 153 Å². The van der Waals surface area contributed by atoms with Crippen LogP contribution in [0.15, 0.2) is 48.5 Å². The van der Waals surface area contributed by atoms with Crippen molar-refractivity contribution in [2.75, 3.05) is 37.8 Å². The van der Waals surface area contributed by atoms with Crippen LogP contribution < -0.4 is 31.6 Å². The average Bonchev–Trinajstić information content (AvgIpc) is 2.64. The number of carbonyl (C=O) groups excluding carboxylic acids is 1. The molecular weight excluding hydrogens is 332 g/mol. The van der Waals surface area contributed by atoms with Gasteiger partial charge in [-0.2, -0.15) is 0 Å². The van der Waals surface area contributed by atoms with E-state index in [9.17, 15) is 4.79 Å². The molecule has 0 fully saturated rings. The summed E-state index contributed by atoms with van der Waals surface area (Å²) >= 11 is 0. The molecule has 0 aliphatic carbocycles. The summed E-state index contributed by atoms with van der Waals surface area (Å²) in [6.07, 6.45) is 1.44. The van der Waals surface area contributed by atoms with Crippen molar-refractivity contribution in [2.24, 2.45) is 0 Å². The number of hydrogen-bond donors (Lipinski definition) is 4. The number of nitrogens with two attached hydrogens (primary N) is 2. The van der Waals surface area contributed by atoms with E-state index in [2.05, 4.69) is 10.6 Å². The third-order valence-corrected chi connectivity index (χ3v) is 3.51. The van der Waals surface area contributed by atoms with Gasteiger partial charge in [0.15, 0.2) is 0 Å². The Morgan fingerprint density at radius 1 is 0.731 bits per heavy atom. The van der Waals surface area contributed by atoms with Crippen molar-refractivity contribution in [3.8, 4) is 11.5 Å². The van der Waals surface area contributed by atoms with Gasteiger partial charge in [0.1, 0.15) is 11.5 Å². The highest BCUT2D eigenvalue weighted by atomic mass is 16.5. The van der Waals surface area contributed by atoms with E-state index in [-0.39, 0.29) is 6.03 Å². The van der Waals surface area contributed by atoms with Gasteiger partial charge in [0.2, 0.25) is 0 Å². The summed E-state index contributed by atoms with van der Waals surface area (Å²) < 4.78 is 11.1. The quantitative estimate of drug-likeness (QED) is 0.385. The third kappa shape index (κ3) is 7.65.